The average molecular weight is 129 g/mol. The minimum absolute atomic E-state index is 0.0289. The van der Waals surface area contributed by atoms with Crippen LogP contribution in [0.3, 0.4) is 0 Å². The number of aliphatic hydroxyl groups excluding tert-OH is 1. The highest BCUT2D eigenvalue weighted by Gasteiger charge is 2.17. The Morgan fingerprint density at radius 1 is 1.78 bits per heavy atom. The normalized spacial score (nSPS) is 28.6. The van der Waals surface area contributed by atoms with Crippen molar-refractivity contribution in [3.05, 3.63) is 0 Å². The van der Waals surface area contributed by atoms with Crippen molar-refractivity contribution in [2.75, 3.05) is 19.8 Å². The Bertz CT molecular complexity index is 114. The molecule has 1 atom stereocenters. The maximum Gasteiger partial charge on any atom is 0.0568 e. The van der Waals surface area contributed by atoms with Crippen molar-refractivity contribution in [3.63, 3.8) is 0 Å². The molecule has 1 saturated heterocycles. The highest BCUT2D eigenvalue weighted by Crippen LogP contribution is 2.08. The van der Waals surface area contributed by atoms with E-state index in [0.29, 0.717) is 25.3 Å². The standard InChI is InChI=1S/C6H11NO2/c7-6-1-2-9-4-5(6)3-8/h5,7-8H,1-4H2. The van der Waals surface area contributed by atoms with E-state index in [-0.39, 0.29) is 12.5 Å². The molecule has 52 valence electrons. The lowest BCUT2D eigenvalue weighted by Crippen LogP contribution is -2.29. The Morgan fingerprint density at radius 3 is 3.00 bits per heavy atom. The first kappa shape index (κ1) is 6.71. The molecule has 1 aliphatic heterocycles. The summed E-state index contributed by atoms with van der Waals surface area (Å²) >= 11 is 0. The van der Waals surface area contributed by atoms with Gasteiger partial charge in [0.05, 0.1) is 19.8 Å². The van der Waals surface area contributed by atoms with Gasteiger partial charge < -0.3 is 15.3 Å². The average Bonchev–Trinajstić information content (AvgIpc) is 1.89. The number of aliphatic hydroxyl groups is 1. The second-order valence-electron chi connectivity index (χ2n) is 2.23. The fraction of sp³-hybridized carbons (Fsp3) is 0.833. The van der Waals surface area contributed by atoms with Crippen LogP contribution in [0.1, 0.15) is 6.42 Å². The maximum absolute atomic E-state index is 8.64. The number of rotatable bonds is 1. The molecule has 1 unspecified atom stereocenters. The summed E-state index contributed by atoms with van der Waals surface area (Å²) in [6.45, 7) is 1.23. The van der Waals surface area contributed by atoms with E-state index in [0.717, 1.165) is 0 Å². The molecule has 3 nitrogen and oxygen atoms in total. The van der Waals surface area contributed by atoms with Crippen LogP contribution in [-0.2, 0) is 4.74 Å². The molecule has 0 saturated carbocycles. The fourth-order valence-electron chi connectivity index (χ4n) is 0.875. The van der Waals surface area contributed by atoms with E-state index in [1.165, 1.54) is 0 Å². The molecule has 0 amide bonds. The lowest BCUT2D eigenvalue weighted by atomic mass is 10.0. The zero-order chi connectivity index (χ0) is 6.69. The van der Waals surface area contributed by atoms with Crippen LogP contribution in [0.5, 0.6) is 0 Å². The third kappa shape index (κ3) is 1.50. The Hall–Kier alpha value is -0.410. The lowest BCUT2D eigenvalue weighted by Gasteiger charge is -2.20. The predicted molar refractivity (Wildman–Crippen MR) is 33.7 cm³/mol. The summed E-state index contributed by atoms with van der Waals surface area (Å²) in [4.78, 5) is 0. The Labute approximate surface area is 54.2 Å². The topological polar surface area (TPSA) is 53.3 Å². The molecule has 0 aromatic heterocycles. The van der Waals surface area contributed by atoms with Gasteiger partial charge in [0, 0.05) is 18.1 Å². The van der Waals surface area contributed by atoms with Crippen LogP contribution in [0, 0.1) is 11.3 Å². The van der Waals surface area contributed by atoms with Gasteiger partial charge in [-0.25, -0.2) is 0 Å². The number of ether oxygens (including phenoxy) is 1. The predicted octanol–water partition coefficient (Wildman–Crippen LogP) is 0.0350. The Kier molecular flexibility index (Phi) is 2.19. The van der Waals surface area contributed by atoms with E-state index in [4.69, 9.17) is 15.3 Å². The highest BCUT2D eigenvalue weighted by atomic mass is 16.5. The molecule has 1 rings (SSSR count). The molecule has 0 aliphatic carbocycles. The number of hydrogen-bond donors (Lipinski definition) is 2. The van der Waals surface area contributed by atoms with E-state index < -0.39 is 0 Å². The quantitative estimate of drug-likeness (QED) is 0.525. The molecule has 9 heavy (non-hydrogen) atoms. The van der Waals surface area contributed by atoms with E-state index >= 15 is 0 Å². The van der Waals surface area contributed by atoms with Crippen LogP contribution in [0.25, 0.3) is 0 Å². The van der Waals surface area contributed by atoms with E-state index in [9.17, 15) is 0 Å². The molecule has 0 radical (unpaired) electrons. The summed E-state index contributed by atoms with van der Waals surface area (Å²) < 4.78 is 5.04. The third-order valence-electron chi connectivity index (χ3n) is 1.55. The van der Waals surface area contributed by atoms with E-state index in [1.54, 1.807) is 0 Å². The summed E-state index contributed by atoms with van der Waals surface area (Å²) in [6.07, 6.45) is 0.686. The van der Waals surface area contributed by atoms with E-state index in [1.807, 2.05) is 0 Å². The third-order valence-corrected chi connectivity index (χ3v) is 1.55. The van der Waals surface area contributed by atoms with E-state index in [2.05, 4.69) is 0 Å². The van der Waals surface area contributed by atoms with Gasteiger partial charge in [-0.2, -0.15) is 0 Å². The molecule has 0 spiro atoms. The molecule has 0 aromatic carbocycles. The fourth-order valence-corrected chi connectivity index (χ4v) is 0.875. The van der Waals surface area contributed by atoms with Gasteiger partial charge in [-0.1, -0.05) is 0 Å². The van der Waals surface area contributed by atoms with Crippen LogP contribution in [-0.4, -0.2) is 30.6 Å². The summed E-state index contributed by atoms with van der Waals surface area (Å²) in [5, 5.41) is 15.9. The van der Waals surface area contributed by atoms with Gasteiger partial charge in [-0.15, -0.1) is 0 Å². The van der Waals surface area contributed by atoms with Crippen molar-refractivity contribution in [1.29, 1.82) is 5.41 Å². The minimum atomic E-state index is -0.0289. The Balaban J connectivity index is 2.39. The van der Waals surface area contributed by atoms with Gasteiger partial charge in [0.2, 0.25) is 0 Å². The van der Waals surface area contributed by atoms with Crippen molar-refractivity contribution >= 4 is 5.71 Å². The second-order valence-corrected chi connectivity index (χ2v) is 2.23. The molecule has 2 N–H and O–H groups in total. The summed E-state index contributed by atoms with van der Waals surface area (Å²) in [7, 11) is 0. The molecule has 1 heterocycles. The first-order valence-corrected chi connectivity index (χ1v) is 3.10. The van der Waals surface area contributed by atoms with Gasteiger partial charge in [0.1, 0.15) is 0 Å². The van der Waals surface area contributed by atoms with Crippen molar-refractivity contribution in [1.82, 2.24) is 0 Å². The zero-order valence-corrected chi connectivity index (χ0v) is 5.26. The van der Waals surface area contributed by atoms with Gasteiger partial charge in [0.15, 0.2) is 0 Å². The highest BCUT2D eigenvalue weighted by molar-refractivity contribution is 5.84. The first-order chi connectivity index (χ1) is 4.34. The molecule has 0 aromatic rings. The summed E-state index contributed by atoms with van der Waals surface area (Å²) in [5.74, 6) is -0.0289. The monoisotopic (exact) mass is 129 g/mol. The molecule has 3 heteroatoms. The van der Waals surface area contributed by atoms with Crippen molar-refractivity contribution in [3.8, 4) is 0 Å². The molecule has 1 fully saturated rings. The second kappa shape index (κ2) is 2.94. The lowest BCUT2D eigenvalue weighted by molar-refractivity contribution is 0.0823. The molecular weight excluding hydrogens is 118 g/mol. The molecule has 0 bridgehead atoms. The maximum atomic E-state index is 8.64. The number of nitrogens with one attached hydrogen (secondary N) is 1. The van der Waals surface area contributed by atoms with Crippen molar-refractivity contribution in [2.24, 2.45) is 5.92 Å². The first-order valence-electron chi connectivity index (χ1n) is 3.10. The van der Waals surface area contributed by atoms with Gasteiger partial charge >= 0.3 is 0 Å². The molecule has 1 aliphatic rings. The number of hydrogen-bond acceptors (Lipinski definition) is 3. The van der Waals surface area contributed by atoms with Crippen LogP contribution in [0.2, 0.25) is 0 Å². The van der Waals surface area contributed by atoms with Crippen LogP contribution >= 0.6 is 0 Å². The Morgan fingerprint density at radius 2 is 2.56 bits per heavy atom. The minimum Gasteiger partial charge on any atom is -0.396 e. The smallest absolute Gasteiger partial charge is 0.0568 e. The van der Waals surface area contributed by atoms with Gasteiger partial charge in [-0.05, 0) is 0 Å². The summed E-state index contributed by atoms with van der Waals surface area (Å²) in [6, 6.07) is 0. The van der Waals surface area contributed by atoms with Crippen molar-refractivity contribution in [2.45, 2.75) is 6.42 Å². The SMILES string of the molecule is N=C1CCOCC1CO. The molecular formula is C6H11NO2. The van der Waals surface area contributed by atoms with Crippen LogP contribution in [0.15, 0.2) is 0 Å². The van der Waals surface area contributed by atoms with Gasteiger partial charge in [-0.3, -0.25) is 0 Å². The van der Waals surface area contributed by atoms with Crippen LogP contribution in [0.4, 0.5) is 0 Å². The zero-order valence-electron chi connectivity index (χ0n) is 5.26. The van der Waals surface area contributed by atoms with Crippen LogP contribution < -0.4 is 0 Å². The summed E-state index contributed by atoms with van der Waals surface area (Å²) in [5.41, 5.74) is 0.628. The van der Waals surface area contributed by atoms with Gasteiger partial charge in [0.25, 0.3) is 0 Å². The largest absolute Gasteiger partial charge is 0.396 e. The van der Waals surface area contributed by atoms with Crippen molar-refractivity contribution < 1.29 is 9.84 Å².